The van der Waals surface area contributed by atoms with Gasteiger partial charge in [0.05, 0.1) is 6.10 Å². The van der Waals surface area contributed by atoms with Crippen molar-refractivity contribution in [3.05, 3.63) is 35.4 Å². The number of nitrogens with zero attached hydrogens (tertiary/aromatic N) is 2. The number of aliphatic hydroxyl groups is 1. The van der Waals surface area contributed by atoms with Gasteiger partial charge in [0.2, 0.25) is 5.91 Å². The second kappa shape index (κ2) is 11.8. The molecule has 33 heavy (non-hydrogen) atoms. The smallest absolute Gasteiger partial charge is 0.248 e. The summed E-state index contributed by atoms with van der Waals surface area (Å²) >= 11 is 0. The Labute approximate surface area is 199 Å². The Bertz CT molecular complexity index is 752. The van der Waals surface area contributed by atoms with Crippen molar-refractivity contribution < 1.29 is 9.90 Å². The molecule has 1 aliphatic carbocycles. The monoisotopic (exact) mass is 456 g/mol. The van der Waals surface area contributed by atoms with E-state index >= 15 is 0 Å². The highest BCUT2D eigenvalue weighted by Crippen LogP contribution is 2.43. The van der Waals surface area contributed by atoms with E-state index in [1.54, 1.807) is 0 Å². The molecule has 5 N–H and O–H groups in total. The molecule has 2 heterocycles. The number of nitrogens with two attached hydrogens (primary N) is 2. The van der Waals surface area contributed by atoms with Crippen LogP contribution in [0, 0.1) is 5.92 Å². The lowest BCUT2D eigenvalue weighted by Crippen LogP contribution is -2.47. The number of carbonyl (C=O) groups is 1. The first-order valence-electron chi connectivity index (χ1n) is 13.3. The van der Waals surface area contributed by atoms with Crippen LogP contribution in [0.25, 0.3) is 0 Å². The van der Waals surface area contributed by atoms with Gasteiger partial charge in [-0.15, -0.1) is 0 Å². The molecule has 2 bridgehead atoms. The summed E-state index contributed by atoms with van der Waals surface area (Å²) in [5.74, 6) is 0.957. The molecule has 6 nitrogen and oxygen atoms in total. The number of amides is 1. The van der Waals surface area contributed by atoms with Crippen molar-refractivity contribution in [2.24, 2.45) is 17.4 Å². The van der Waals surface area contributed by atoms with Crippen LogP contribution in [0.3, 0.4) is 0 Å². The lowest BCUT2D eigenvalue weighted by atomic mass is 9.84. The number of piperidine rings is 1. The minimum absolute atomic E-state index is 0.321. The predicted molar refractivity (Wildman–Crippen MR) is 133 cm³/mol. The maximum Gasteiger partial charge on any atom is 0.248 e. The van der Waals surface area contributed by atoms with Gasteiger partial charge in [0.15, 0.2) is 0 Å². The van der Waals surface area contributed by atoms with Crippen LogP contribution in [0.15, 0.2) is 24.3 Å². The summed E-state index contributed by atoms with van der Waals surface area (Å²) in [5, 5.41) is 10.5. The van der Waals surface area contributed by atoms with Crippen LogP contribution in [0.1, 0.15) is 86.0 Å². The Morgan fingerprint density at radius 2 is 1.85 bits per heavy atom. The number of fused-ring (bicyclic) bond motifs is 2. The van der Waals surface area contributed by atoms with E-state index in [1.807, 2.05) is 18.2 Å². The molecular weight excluding hydrogens is 412 g/mol. The zero-order valence-corrected chi connectivity index (χ0v) is 20.2. The second-order valence-corrected chi connectivity index (χ2v) is 10.8. The van der Waals surface area contributed by atoms with Gasteiger partial charge in [-0.2, -0.15) is 0 Å². The van der Waals surface area contributed by atoms with Gasteiger partial charge in [-0.3, -0.25) is 14.6 Å². The predicted octanol–water partition coefficient (Wildman–Crippen LogP) is 3.09. The molecule has 2 aliphatic heterocycles. The molecule has 1 saturated carbocycles. The molecule has 6 heteroatoms. The fourth-order valence-corrected chi connectivity index (χ4v) is 6.69. The highest BCUT2D eigenvalue weighted by atomic mass is 16.3. The minimum atomic E-state index is -0.341. The van der Waals surface area contributed by atoms with Crippen LogP contribution >= 0.6 is 0 Å². The number of hydrogen-bond acceptors (Lipinski definition) is 5. The zero-order chi connectivity index (χ0) is 23.2. The minimum Gasteiger partial charge on any atom is -0.392 e. The Hall–Kier alpha value is -1.47. The van der Waals surface area contributed by atoms with Crippen LogP contribution < -0.4 is 11.5 Å². The van der Waals surface area contributed by atoms with E-state index in [1.165, 1.54) is 50.5 Å². The third-order valence-electron chi connectivity index (χ3n) is 8.41. The van der Waals surface area contributed by atoms with Gasteiger partial charge < -0.3 is 16.6 Å². The highest BCUT2D eigenvalue weighted by Gasteiger charge is 2.41. The van der Waals surface area contributed by atoms with E-state index in [0.29, 0.717) is 36.5 Å². The van der Waals surface area contributed by atoms with E-state index in [2.05, 4.69) is 15.9 Å². The Morgan fingerprint density at radius 1 is 1.12 bits per heavy atom. The van der Waals surface area contributed by atoms with E-state index in [-0.39, 0.29) is 12.0 Å². The maximum atomic E-state index is 11.6. The molecule has 3 fully saturated rings. The normalized spacial score (nSPS) is 27.2. The van der Waals surface area contributed by atoms with Crippen LogP contribution in [0.2, 0.25) is 0 Å². The first-order chi connectivity index (χ1) is 16.0. The second-order valence-electron chi connectivity index (χ2n) is 10.8. The van der Waals surface area contributed by atoms with E-state index in [0.717, 1.165) is 44.9 Å². The molecule has 2 saturated heterocycles. The van der Waals surface area contributed by atoms with Crippen molar-refractivity contribution in [2.75, 3.05) is 32.7 Å². The van der Waals surface area contributed by atoms with Crippen molar-refractivity contribution in [2.45, 2.75) is 88.3 Å². The summed E-state index contributed by atoms with van der Waals surface area (Å²) in [7, 11) is 0. The molecule has 4 rings (SSSR count). The molecule has 0 aromatic heterocycles. The summed E-state index contributed by atoms with van der Waals surface area (Å²) in [5.41, 5.74) is 13.1. The molecule has 3 aliphatic rings. The Balaban J connectivity index is 1.34. The molecule has 1 amide bonds. The summed E-state index contributed by atoms with van der Waals surface area (Å²) in [6, 6.07) is 9.20. The van der Waals surface area contributed by atoms with Crippen molar-refractivity contribution in [3.63, 3.8) is 0 Å². The van der Waals surface area contributed by atoms with Gasteiger partial charge in [-0.25, -0.2) is 0 Å². The summed E-state index contributed by atoms with van der Waals surface area (Å²) in [6.07, 6.45) is 12.0. The molecule has 1 unspecified atom stereocenters. The lowest BCUT2D eigenvalue weighted by molar-refractivity contribution is 0.0674. The first-order valence-corrected chi connectivity index (χ1v) is 13.3. The number of hydrogen-bond donors (Lipinski definition) is 3. The maximum absolute atomic E-state index is 11.6. The van der Waals surface area contributed by atoms with Crippen molar-refractivity contribution in [1.29, 1.82) is 0 Å². The molecule has 0 radical (unpaired) electrons. The van der Waals surface area contributed by atoms with Crippen LogP contribution in [0.4, 0.5) is 0 Å². The SMILES string of the molecule is NCC[C@H](O)CN(CCN1[C@@H]2CC[C@H]1CC(c1cccc(C(N)=O)c1)C2)CC1CCCCC1. The number of benzene rings is 1. The van der Waals surface area contributed by atoms with Crippen molar-refractivity contribution in [3.8, 4) is 0 Å². The van der Waals surface area contributed by atoms with E-state index in [9.17, 15) is 9.90 Å². The molecule has 4 atom stereocenters. The standard InChI is InChI=1S/C27H44N4O2/c28-12-11-26(32)19-30(18-20-5-2-1-3-6-20)13-14-31-24-9-10-25(31)17-23(16-24)21-7-4-8-22(15-21)27(29)33/h4,7-8,15,20,23-26,32H,1-3,5-6,9-14,16-19,28H2,(H2,29,33)/t23?,24-,25+,26-/m0/s1. The van der Waals surface area contributed by atoms with Gasteiger partial charge in [-0.1, -0.05) is 31.4 Å². The van der Waals surface area contributed by atoms with E-state index in [4.69, 9.17) is 11.5 Å². The average Bonchev–Trinajstić information content (AvgIpc) is 3.05. The van der Waals surface area contributed by atoms with Crippen molar-refractivity contribution in [1.82, 2.24) is 9.80 Å². The number of carbonyl (C=O) groups excluding carboxylic acids is 1. The summed E-state index contributed by atoms with van der Waals surface area (Å²) in [6.45, 7) is 4.54. The summed E-state index contributed by atoms with van der Waals surface area (Å²) in [4.78, 5) is 16.9. The van der Waals surface area contributed by atoms with Gasteiger partial charge in [0.25, 0.3) is 0 Å². The third kappa shape index (κ3) is 6.56. The van der Waals surface area contributed by atoms with Gasteiger partial charge in [0.1, 0.15) is 0 Å². The fraction of sp³-hybridized carbons (Fsp3) is 0.741. The zero-order valence-electron chi connectivity index (χ0n) is 20.2. The molecular formula is C27H44N4O2. The van der Waals surface area contributed by atoms with E-state index < -0.39 is 0 Å². The number of primary amides is 1. The average molecular weight is 457 g/mol. The Kier molecular flexibility index (Phi) is 8.80. The van der Waals surface area contributed by atoms with Gasteiger partial charge >= 0.3 is 0 Å². The van der Waals surface area contributed by atoms with Crippen molar-refractivity contribution >= 4 is 5.91 Å². The largest absolute Gasteiger partial charge is 0.392 e. The number of aliphatic hydroxyl groups excluding tert-OH is 1. The molecule has 1 aromatic rings. The van der Waals surface area contributed by atoms with Crippen LogP contribution in [0.5, 0.6) is 0 Å². The van der Waals surface area contributed by atoms with Crippen LogP contribution in [-0.2, 0) is 0 Å². The lowest BCUT2D eigenvalue weighted by Gasteiger charge is -2.41. The third-order valence-corrected chi connectivity index (χ3v) is 8.41. The van der Waals surface area contributed by atoms with Crippen LogP contribution in [-0.4, -0.2) is 71.7 Å². The molecule has 184 valence electrons. The van der Waals surface area contributed by atoms with Gasteiger partial charge in [-0.05, 0) is 81.0 Å². The van der Waals surface area contributed by atoms with Gasteiger partial charge in [0, 0.05) is 43.8 Å². The quantitative estimate of drug-likeness (QED) is 0.476. The number of rotatable bonds is 11. The molecule has 0 spiro atoms. The fourth-order valence-electron chi connectivity index (χ4n) is 6.69. The highest BCUT2D eigenvalue weighted by molar-refractivity contribution is 5.92. The first kappa shape index (κ1) is 24.6. The summed E-state index contributed by atoms with van der Waals surface area (Å²) < 4.78 is 0. The topological polar surface area (TPSA) is 95.8 Å². The molecule has 1 aromatic carbocycles. The Morgan fingerprint density at radius 3 is 2.52 bits per heavy atom.